The van der Waals surface area contributed by atoms with Crippen molar-refractivity contribution in [3.63, 3.8) is 0 Å². The molecule has 0 fully saturated rings. The van der Waals surface area contributed by atoms with Crippen LogP contribution in [0.2, 0.25) is 0 Å². The van der Waals surface area contributed by atoms with E-state index in [-0.39, 0.29) is 11.7 Å². The summed E-state index contributed by atoms with van der Waals surface area (Å²) in [7, 11) is 3.70. The van der Waals surface area contributed by atoms with Gasteiger partial charge in [-0.3, -0.25) is 4.79 Å². The van der Waals surface area contributed by atoms with E-state index in [9.17, 15) is 9.18 Å². The molecule has 1 aliphatic rings. The first-order valence-corrected chi connectivity index (χ1v) is 11.3. The molecule has 1 amide bonds. The zero-order chi connectivity index (χ0) is 24.7. The Kier molecular flexibility index (Phi) is 5.78. The number of aromatic nitrogens is 4. The van der Waals surface area contributed by atoms with Crippen molar-refractivity contribution in [3.8, 4) is 17.1 Å². The number of likely N-dealkylation sites (N-methyl/N-ethyl adjacent to an activating group) is 1. The van der Waals surface area contributed by atoms with E-state index < -0.39 is 5.82 Å². The normalized spacial score (nSPS) is 13.5. The molecule has 0 bridgehead atoms. The van der Waals surface area contributed by atoms with Gasteiger partial charge in [0, 0.05) is 37.6 Å². The molecule has 4 aromatic rings. The molecule has 0 saturated heterocycles. The molecule has 35 heavy (non-hydrogen) atoms. The number of rotatable bonds is 4. The maximum Gasteiger partial charge on any atom is 0.261 e. The van der Waals surface area contributed by atoms with Crippen molar-refractivity contribution >= 4 is 17.4 Å². The van der Waals surface area contributed by atoms with E-state index in [2.05, 4.69) is 41.1 Å². The Morgan fingerprint density at radius 1 is 1.20 bits per heavy atom. The number of nitrogens with two attached hydrogens (primary N) is 1. The lowest BCUT2D eigenvalue weighted by molar-refractivity contribution is 0.0993. The number of carbonyl (C=O) groups is 1. The molecule has 0 radical (unpaired) electrons. The molecule has 0 spiro atoms. The predicted octanol–water partition coefficient (Wildman–Crippen LogP) is 3.62. The first-order chi connectivity index (χ1) is 16.8. The molecular formula is C26H26FN7O. The Balaban J connectivity index is 1.46. The lowest BCUT2D eigenvalue weighted by Gasteiger charge is -2.27. The molecule has 2 aromatic heterocycles. The summed E-state index contributed by atoms with van der Waals surface area (Å²) in [5.74, 6) is -0.216. The van der Waals surface area contributed by atoms with Crippen LogP contribution in [-0.2, 0) is 13.0 Å². The average Bonchev–Trinajstić information content (AvgIpc) is 3.33. The quantitative estimate of drug-likeness (QED) is 0.489. The number of benzene rings is 2. The van der Waals surface area contributed by atoms with Crippen LogP contribution in [0, 0.1) is 12.7 Å². The molecule has 8 nitrogen and oxygen atoms in total. The van der Waals surface area contributed by atoms with Crippen molar-refractivity contribution in [1.29, 1.82) is 0 Å². The number of amides is 1. The van der Waals surface area contributed by atoms with Gasteiger partial charge in [0.25, 0.3) is 5.91 Å². The minimum absolute atomic E-state index is 0.198. The van der Waals surface area contributed by atoms with Crippen LogP contribution in [0.1, 0.15) is 27.0 Å². The van der Waals surface area contributed by atoms with Gasteiger partial charge in [-0.25, -0.2) is 19.0 Å². The number of carbonyl (C=O) groups excluding carboxylic acids is 1. The summed E-state index contributed by atoms with van der Waals surface area (Å²) in [5.41, 5.74) is 12.4. The van der Waals surface area contributed by atoms with Crippen LogP contribution in [0.3, 0.4) is 0 Å². The number of aryl methyl sites for hydroxylation is 1. The number of fused-ring (bicyclic) bond motifs is 1. The second-order valence-electron chi connectivity index (χ2n) is 8.90. The van der Waals surface area contributed by atoms with Crippen molar-refractivity contribution in [2.24, 2.45) is 0 Å². The van der Waals surface area contributed by atoms with E-state index in [1.54, 1.807) is 31.6 Å². The molecule has 9 heteroatoms. The Labute approximate surface area is 202 Å². The van der Waals surface area contributed by atoms with Crippen LogP contribution < -0.4 is 10.6 Å². The fraction of sp³-hybridized carbons (Fsp3) is 0.231. The van der Waals surface area contributed by atoms with Crippen molar-refractivity contribution in [2.75, 3.05) is 31.3 Å². The molecule has 0 atom stereocenters. The summed E-state index contributed by atoms with van der Waals surface area (Å²) in [6, 6.07) is 10.1. The average molecular weight is 472 g/mol. The van der Waals surface area contributed by atoms with E-state index in [4.69, 9.17) is 10.7 Å². The Morgan fingerprint density at radius 3 is 2.83 bits per heavy atom. The van der Waals surface area contributed by atoms with Gasteiger partial charge >= 0.3 is 0 Å². The minimum Gasteiger partial charge on any atom is -0.381 e. The standard InChI is InChI=1S/C26H26FN7O/c1-16-9-17(10-18-14-32(2)8-7-22(16)18)23-13-29-24(28)25(31-23)34-15-19(12-30-34)26(35)33(3)21-6-4-5-20(27)11-21/h4-6,9-13,15H,7-8,14H2,1-3H3,(H2,28,29). The van der Waals surface area contributed by atoms with Crippen molar-refractivity contribution in [3.05, 3.63) is 83.1 Å². The number of halogens is 1. The van der Waals surface area contributed by atoms with Crippen LogP contribution >= 0.6 is 0 Å². The van der Waals surface area contributed by atoms with Crippen molar-refractivity contribution < 1.29 is 9.18 Å². The SMILES string of the molecule is Cc1cc(-c2cnc(N)c(-n3cc(C(=O)N(C)c4cccc(F)c4)cn3)n2)cc2c1CCN(C)C2. The number of nitrogens with zero attached hydrogens (tertiary/aromatic N) is 6. The summed E-state index contributed by atoms with van der Waals surface area (Å²) in [4.78, 5) is 25.7. The van der Waals surface area contributed by atoms with Gasteiger partial charge in [0.2, 0.25) is 0 Å². The van der Waals surface area contributed by atoms with Gasteiger partial charge in [-0.15, -0.1) is 0 Å². The highest BCUT2D eigenvalue weighted by molar-refractivity contribution is 6.05. The van der Waals surface area contributed by atoms with Gasteiger partial charge < -0.3 is 15.5 Å². The smallest absolute Gasteiger partial charge is 0.261 e. The first kappa shape index (κ1) is 22.7. The van der Waals surface area contributed by atoms with E-state index in [1.807, 2.05) is 0 Å². The third kappa shape index (κ3) is 4.38. The van der Waals surface area contributed by atoms with E-state index in [0.717, 1.165) is 25.1 Å². The lowest BCUT2D eigenvalue weighted by Crippen LogP contribution is -2.27. The second kappa shape index (κ2) is 8.92. The fourth-order valence-corrected chi connectivity index (χ4v) is 4.45. The summed E-state index contributed by atoms with van der Waals surface area (Å²) in [6.07, 6.45) is 5.67. The lowest BCUT2D eigenvalue weighted by atomic mass is 9.92. The van der Waals surface area contributed by atoms with Crippen LogP contribution in [0.25, 0.3) is 17.1 Å². The summed E-state index contributed by atoms with van der Waals surface area (Å²) >= 11 is 0. The second-order valence-corrected chi connectivity index (χ2v) is 8.90. The molecule has 5 rings (SSSR count). The van der Waals surface area contributed by atoms with Gasteiger partial charge in [0.15, 0.2) is 11.6 Å². The highest BCUT2D eigenvalue weighted by Gasteiger charge is 2.20. The van der Waals surface area contributed by atoms with Crippen molar-refractivity contribution in [1.82, 2.24) is 24.6 Å². The number of hydrogen-bond acceptors (Lipinski definition) is 6. The van der Waals surface area contributed by atoms with E-state index in [1.165, 1.54) is 44.6 Å². The fourth-order valence-electron chi connectivity index (χ4n) is 4.45. The third-order valence-corrected chi connectivity index (χ3v) is 6.37. The van der Waals surface area contributed by atoms with Crippen LogP contribution in [0.4, 0.5) is 15.9 Å². The molecule has 0 saturated carbocycles. The monoisotopic (exact) mass is 471 g/mol. The molecule has 2 aromatic carbocycles. The minimum atomic E-state index is -0.415. The number of hydrogen-bond donors (Lipinski definition) is 1. The summed E-state index contributed by atoms with van der Waals surface area (Å²) in [6.45, 7) is 4.07. The van der Waals surface area contributed by atoms with Gasteiger partial charge in [-0.2, -0.15) is 5.10 Å². The number of nitrogen functional groups attached to an aromatic ring is 1. The predicted molar refractivity (Wildman–Crippen MR) is 133 cm³/mol. The van der Waals surface area contributed by atoms with Gasteiger partial charge in [0.05, 0.1) is 23.7 Å². The van der Waals surface area contributed by atoms with E-state index >= 15 is 0 Å². The Hall–Kier alpha value is -4.11. The zero-order valence-corrected chi connectivity index (χ0v) is 19.9. The molecule has 1 aliphatic heterocycles. The molecule has 0 unspecified atom stereocenters. The molecule has 3 heterocycles. The highest BCUT2D eigenvalue weighted by Crippen LogP contribution is 2.29. The van der Waals surface area contributed by atoms with Gasteiger partial charge in [-0.05, 0) is 67.4 Å². The van der Waals surface area contributed by atoms with Crippen LogP contribution in [0.5, 0.6) is 0 Å². The maximum atomic E-state index is 13.6. The summed E-state index contributed by atoms with van der Waals surface area (Å²) in [5, 5.41) is 4.30. The summed E-state index contributed by atoms with van der Waals surface area (Å²) < 4.78 is 15.0. The van der Waals surface area contributed by atoms with Gasteiger partial charge in [-0.1, -0.05) is 6.07 Å². The molecular weight excluding hydrogens is 445 g/mol. The third-order valence-electron chi connectivity index (χ3n) is 6.37. The zero-order valence-electron chi connectivity index (χ0n) is 19.9. The van der Waals surface area contributed by atoms with Crippen LogP contribution in [0.15, 0.2) is 55.0 Å². The molecule has 0 aliphatic carbocycles. The Morgan fingerprint density at radius 2 is 2.03 bits per heavy atom. The molecule has 2 N–H and O–H groups in total. The van der Waals surface area contributed by atoms with Crippen molar-refractivity contribution in [2.45, 2.75) is 19.9 Å². The topological polar surface area (TPSA) is 93.2 Å². The first-order valence-electron chi connectivity index (χ1n) is 11.3. The number of anilines is 2. The maximum absolute atomic E-state index is 13.6. The van der Waals surface area contributed by atoms with Gasteiger partial charge in [0.1, 0.15) is 5.82 Å². The van der Waals surface area contributed by atoms with Crippen LogP contribution in [-0.4, -0.2) is 51.2 Å². The largest absolute Gasteiger partial charge is 0.381 e. The molecule has 178 valence electrons. The highest BCUT2D eigenvalue weighted by atomic mass is 19.1. The Bertz CT molecular complexity index is 1430. The van der Waals surface area contributed by atoms with E-state index in [0.29, 0.717) is 22.8 Å².